The molecule has 0 aromatic heterocycles. The zero-order valence-corrected chi connectivity index (χ0v) is 7.55. The van der Waals surface area contributed by atoms with Crippen LogP contribution in [0.15, 0.2) is 12.8 Å². The van der Waals surface area contributed by atoms with Crippen molar-refractivity contribution in [1.82, 2.24) is 0 Å². The van der Waals surface area contributed by atoms with Gasteiger partial charge >= 0.3 is 15.7 Å². The molecule has 4 nitrogen and oxygen atoms in total. The fraction of sp³-hybridized carbons (Fsp3) is 0. The van der Waals surface area contributed by atoms with Crippen LogP contribution in [0.25, 0.3) is 0 Å². The minimum absolute atomic E-state index is 1.65. The standard InChI is InChI=1S/F5N3OP2S/c1-10(2)6-11(3,4)8-12(5,9)7-10. The fourth-order valence-electron chi connectivity index (χ4n) is 0.421. The summed E-state index contributed by atoms with van der Waals surface area (Å²) >= 11 is 0. The van der Waals surface area contributed by atoms with Gasteiger partial charge in [-0.25, -0.2) is 0 Å². The molecule has 0 bridgehead atoms. The van der Waals surface area contributed by atoms with E-state index in [1.165, 1.54) is 0 Å². The van der Waals surface area contributed by atoms with Gasteiger partial charge < -0.3 is 4.55 Å². The molecule has 1 atom stereocenters. The van der Waals surface area contributed by atoms with Gasteiger partial charge in [-0.15, -0.1) is 21.3 Å². The lowest BCUT2D eigenvalue weighted by Gasteiger charge is -2.09. The molecule has 1 heterocycles. The van der Waals surface area contributed by atoms with Crippen LogP contribution in [0.5, 0.6) is 0 Å². The molecule has 72 valence electrons. The summed E-state index contributed by atoms with van der Waals surface area (Å²) in [6.07, 6.45) is 0. The van der Waals surface area contributed by atoms with Gasteiger partial charge in [0.25, 0.3) is 10.7 Å². The first kappa shape index (κ1) is 10.3. The van der Waals surface area contributed by atoms with E-state index in [0.29, 0.717) is 0 Å². The number of halogens is 5. The Morgan fingerprint density at radius 2 is 1.58 bits per heavy atom. The predicted octanol–water partition coefficient (Wildman–Crippen LogP) is 4.04. The van der Waals surface area contributed by atoms with E-state index < -0.39 is 26.3 Å². The van der Waals surface area contributed by atoms with Crippen LogP contribution in [0, 0.1) is 0 Å². The highest BCUT2D eigenvalue weighted by atomic mass is 32.3. The lowest BCUT2D eigenvalue weighted by atomic mass is 13.8. The maximum absolute atomic E-state index is 12.1. The first-order valence-electron chi connectivity index (χ1n) is 2.16. The number of rotatable bonds is 0. The van der Waals surface area contributed by atoms with Crippen LogP contribution in [0.3, 0.4) is 0 Å². The molecular formula is F5N3OP2S. The zero-order valence-electron chi connectivity index (χ0n) is 4.94. The van der Waals surface area contributed by atoms with Gasteiger partial charge in [-0.05, 0) is 0 Å². The van der Waals surface area contributed by atoms with Crippen molar-refractivity contribution < 1.29 is 25.2 Å². The topological polar surface area (TPSA) is 60.1 Å². The van der Waals surface area contributed by atoms with Crippen LogP contribution in [-0.2, 0) is 10.7 Å². The Hall–Kier alpha value is 0.220. The van der Waals surface area contributed by atoms with Crippen molar-refractivity contribution in [3.05, 3.63) is 0 Å². The van der Waals surface area contributed by atoms with E-state index in [1.807, 2.05) is 0 Å². The number of nitrogens with zero attached hydrogens (tertiary/aromatic N) is 3. The molecule has 0 saturated carbocycles. The summed E-state index contributed by atoms with van der Waals surface area (Å²) < 4.78 is 75.4. The molecule has 0 aliphatic carbocycles. The van der Waals surface area contributed by atoms with Crippen molar-refractivity contribution in [3.63, 3.8) is 0 Å². The van der Waals surface area contributed by atoms with E-state index >= 15 is 0 Å². The summed E-state index contributed by atoms with van der Waals surface area (Å²) in [4.78, 5) is 0. The highest BCUT2D eigenvalue weighted by Crippen LogP contribution is 2.72. The molecule has 12 heteroatoms. The zero-order chi connectivity index (χ0) is 9.62. The van der Waals surface area contributed by atoms with Gasteiger partial charge in [0.05, 0.1) is 0 Å². The number of hydrogen-bond donors (Lipinski definition) is 0. The van der Waals surface area contributed by atoms with Gasteiger partial charge in [-0.1, -0.05) is 0 Å². The lowest BCUT2D eigenvalue weighted by molar-refractivity contribution is 0.537. The molecule has 1 aliphatic heterocycles. The van der Waals surface area contributed by atoms with Crippen LogP contribution in [0.1, 0.15) is 0 Å². The second-order valence-corrected chi connectivity index (χ2v) is 6.30. The van der Waals surface area contributed by atoms with E-state index in [9.17, 15) is 25.2 Å². The van der Waals surface area contributed by atoms with Gasteiger partial charge in [0.15, 0.2) is 0 Å². The Kier molecular flexibility index (Phi) is 2.23. The second-order valence-electron chi connectivity index (χ2n) is 1.60. The first-order chi connectivity index (χ1) is 5.12. The Morgan fingerprint density at radius 3 is 1.92 bits per heavy atom. The molecule has 0 radical (unpaired) electrons. The summed E-state index contributed by atoms with van der Waals surface area (Å²) in [5.74, 6) is 0. The van der Waals surface area contributed by atoms with Gasteiger partial charge in [0, 0.05) is 12.2 Å². The maximum Gasteiger partial charge on any atom is 0.465 e. The third kappa shape index (κ3) is 2.62. The highest BCUT2D eigenvalue weighted by molar-refractivity contribution is 8.00. The SMILES string of the molecule is [O-][S+]1(F)=NP(F)(F)=NP(F)(F)=N1. The normalized spacial score (nSPS) is 37.5. The third-order valence-electron chi connectivity index (χ3n) is 0.613. The van der Waals surface area contributed by atoms with E-state index in [1.54, 1.807) is 12.8 Å². The molecule has 0 N–H and O–H groups in total. The molecule has 0 spiro atoms. The largest absolute Gasteiger partial charge is 0.574 e. The molecule has 0 aromatic carbocycles. The predicted molar refractivity (Wildman–Crippen MR) is 34.8 cm³/mol. The van der Waals surface area contributed by atoms with Crippen molar-refractivity contribution in [3.8, 4) is 0 Å². The minimum Gasteiger partial charge on any atom is -0.574 e. The second kappa shape index (κ2) is 2.60. The Bertz CT molecular complexity index is 281. The molecule has 1 aliphatic rings. The summed E-state index contributed by atoms with van der Waals surface area (Å²) in [6, 6.07) is 0. The quantitative estimate of drug-likeness (QED) is 0.362. The molecule has 0 aromatic rings. The smallest absolute Gasteiger partial charge is 0.465 e. The van der Waals surface area contributed by atoms with Crippen LogP contribution < -0.4 is 0 Å². The monoisotopic (exact) mass is 247 g/mol. The average molecular weight is 247 g/mol. The van der Waals surface area contributed by atoms with Gasteiger partial charge in [-0.3, -0.25) is 0 Å². The Morgan fingerprint density at radius 1 is 1.08 bits per heavy atom. The van der Waals surface area contributed by atoms with Crippen molar-refractivity contribution >= 4 is 26.3 Å². The van der Waals surface area contributed by atoms with Crippen molar-refractivity contribution in [2.75, 3.05) is 0 Å². The molecule has 1 unspecified atom stereocenters. The van der Waals surface area contributed by atoms with Crippen LogP contribution in [0.2, 0.25) is 0 Å². The molecule has 0 fully saturated rings. The van der Waals surface area contributed by atoms with E-state index in [4.69, 9.17) is 0 Å². The van der Waals surface area contributed by atoms with E-state index in [0.717, 1.165) is 0 Å². The lowest BCUT2D eigenvalue weighted by Crippen LogP contribution is -1.96. The molecular weight excluding hydrogens is 247 g/mol. The van der Waals surface area contributed by atoms with Gasteiger partial charge in [0.1, 0.15) is 0 Å². The number of hydrogen-bond acceptors (Lipinski definition) is 4. The van der Waals surface area contributed by atoms with E-state index in [-0.39, 0.29) is 0 Å². The van der Waals surface area contributed by atoms with E-state index in [2.05, 4.69) is 0 Å². The first-order valence-corrected chi connectivity index (χ1v) is 6.49. The molecule has 12 heavy (non-hydrogen) atoms. The fourth-order valence-corrected chi connectivity index (χ4v) is 4.67. The summed E-state index contributed by atoms with van der Waals surface area (Å²) in [5.41, 5.74) is 0. The summed E-state index contributed by atoms with van der Waals surface area (Å²) in [6.45, 7) is 0. The van der Waals surface area contributed by atoms with Crippen LogP contribution in [-0.4, -0.2) is 4.55 Å². The van der Waals surface area contributed by atoms with Crippen LogP contribution >= 0.6 is 15.7 Å². The van der Waals surface area contributed by atoms with Gasteiger partial charge in [-0.2, -0.15) is 0 Å². The molecule has 1 rings (SSSR count). The average Bonchev–Trinajstić information content (AvgIpc) is 1.44. The molecule has 0 saturated heterocycles. The Balaban J connectivity index is 3.46. The summed E-state index contributed by atoms with van der Waals surface area (Å²) in [5, 5.41) is 0. The van der Waals surface area contributed by atoms with Crippen molar-refractivity contribution in [2.24, 2.45) is 12.8 Å². The van der Waals surface area contributed by atoms with Gasteiger partial charge in [0.2, 0.25) is 0 Å². The Labute approximate surface area is 65.2 Å². The van der Waals surface area contributed by atoms with Crippen molar-refractivity contribution in [2.45, 2.75) is 0 Å². The minimum atomic E-state index is -5.77. The molecule has 0 amide bonds. The van der Waals surface area contributed by atoms with Crippen molar-refractivity contribution in [1.29, 1.82) is 0 Å². The summed E-state index contributed by atoms with van der Waals surface area (Å²) in [7, 11) is -16.8. The third-order valence-corrected chi connectivity index (χ3v) is 5.52. The van der Waals surface area contributed by atoms with Crippen LogP contribution in [0.4, 0.5) is 20.7 Å². The maximum atomic E-state index is 12.1. The highest BCUT2D eigenvalue weighted by Gasteiger charge is 2.40.